The molecule has 2 rings (SSSR count). The molecule has 0 aliphatic heterocycles. The van der Waals surface area contributed by atoms with E-state index in [1.165, 1.54) is 37.8 Å². The second kappa shape index (κ2) is 7.33. The van der Waals surface area contributed by atoms with Crippen LogP contribution in [-0.2, 0) is 6.54 Å². The molecule has 2 N–H and O–H groups in total. The van der Waals surface area contributed by atoms with Crippen molar-refractivity contribution in [1.29, 1.82) is 0 Å². The van der Waals surface area contributed by atoms with Gasteiger partial charge in [-0.3, -0.25) is 4.90 Å². The first kappa shape index (κ1) is 14.1. The van der Waals surface area contributed by atoms with Crippen molar-refractivity contribution in [1.82, 2.24) is 4.90 Å². The molecule has 1 aromatic carbocycles. The van der Waals surface area contributed by atoms with Crippen LogP contribution in [0.2, 0.25) is 0 Å². The van der Waals surface area contributed by atoms with E-state index >= 15 is 0 Å². The van der Waals surface area contributed by atoms with E-state index in [9.17, 15) is 0 Å². The van der Waals surface area contributed by atoms with Crippen LogP contribution < -0.4 is 5.73 Å². The van der Waals surface area contributed by atoms with Gasteiger partial charge in [-0.15, -0.1) is 0 Å². The summed E-state index contributed by atoms with van der Waals surface area (Å²) in [4.78, 5) is 2.63. The van der Waals surface area contributed by atoms with Gasteiger partial charge in [-0.2, -0.15) is 0 Å². The molecule has 1 aliphatic rings. The van der Waals surface area contributed by atoms with Gasteiger partial charge in [0.1, 0.15) is 0 Å². The Morgan fingerprint density at radius 1 is 1.26 bits per heavy atom. The van der Waals surface area contributed by atoms with E-state index in [-0.39, 0.29) is 0 Å². The third-order valence-electron chi connectivity index (χ3n) is 3.54. The maximum atomic E-state index is 5.38. The zero-order valence-electron chi connectivity index (χ0n) is 11.9. The minimum atomic E-state index is 0.425. The number of benzene rings is 1. The van der Waals surface area contributed by atoms with Crippen molar-refractivity contribution in [3.63, 3.8) is 0 Å². The summed E-state index contributed by atoms with van der Waals surface area (Å²) in [6.07, 6.45) is 5.33. The van der Waals surface area contributed by atoms with Gasteiger partial charge in [-0.1, -0.05) is 37.3 Å². The van der Waals surface area contributed by atoms with Crippen LogP contribution in [-0.4, -0.2) is 24.0 Å². The highest BCUT2D eigenvalue weighted by Crippen LogP contribution is 2.28. The predicted octanol–water partition coefficient (Wildman–Crippen LogP) is 2.76. The Balaban J connectivity index is 1.93. The van der Waals surface area contributed by atoms with E-state index in [0.29, 0.717) is 6.54 Å². The van der Waals surface area contributed by atoms with Crippen molar-refractivity contribution in [3.05, 3.63) is 35.4 Å². The molecule has 2 heteroatoms. The van der Waals surface area contributed by atoms with Gasteiger partial charge in [0, 0.05) is 18.2 Å². The number of nitrogens with zero attached hydrogens (tertiary/aromatic N) is 1. The van der Waals surface area contributed by atoms with Gasteiger partial charge in [0.25, 0.3) is 0 Å². The smallest absolute Gasteiger partial charge is 0.0555 e. The summed E-state index contributed by atoms with van der Waals surface area (Å²) in [5.74, 6) is 5.95. The molecule has 0 amide bonds. The molecule has 0 aromatic heterocycles. The molecule has 102 valence electrons. The minimum Gasteiger partial charge on any atom is -0.320 e. The predicted molar refractivity (Wildman–Crippen MR) is 80.7 cm³/mol. The molecule has 1 aromatic rings. The lowest BCUT2D eigenvalue weighted by molar-refractivity contribution is 0.250. The van der Waals surface area contributed by atoms with Crippen molar-refractivity contribution < 1.29 is 0 Å². The lowest BCUT2D eigenvalue weighted by atomic mass is 10.1. The first-order valence-electron chi connectivity index (χ1n) is 7.35. The second-order valence-electron chi connectivity index (χ2n) is 5.26. The van der Waals surface area contributed by atoms with Crippen molar-refractivity contribution in [2.24, 2.45) is 5.73 Å². The van der Waals surface area contributed by atoms with Crippen LogP contribution in [0.15, 0.2) is 24.3 Å². The summed E-state index contributed by atoms with van der Waals surface area (Å²) in [6.45, 7) is 5.00. The van der Waals surface area contributed by atoms with E-state index in [4.69, 9.17) is 5.73 Å². The Bertz CT molecular complexity index is 435. The third-order valence-corrected chi connectivity index (χ3v) is 3.54. The largest absolute Gasteiger partial charge is 0.320 e. The number of unbranched alkanes of at least 4 members (excludes halogenated alkanes) is 1. The lowest BCUT2D eigenvalue weighted by Gasteiger charge is -2.21. The summed E-state index contributed by atoms with van der Waals surface area (Å²) in [5, 5.41) is 0. The average molecular weight is 256 g/mol. The van der Waals surface area contributed by atoms with Gasteiger partial charge in [0.05, 0.1) is 6.54 Å². The highest BCUT2D eigenvalue weighted by molar-refractivity contribution is 5.36. The SMILES string of the molecule is CCCCN(Cc1ccc(C#CCN)cc1)C1CC1. The van der Waals surface area contributed by atoms with E-state index in [0.717, 1.165) is 18.2 Å². The van der Waals surface area contributed by atoms with E-state index < -0.39 is 0 Å². The Kier molecular flexibility index (Phi) is 5.44. The maximum absolute atomic E-state index is 5.38. The Morgan fingerprint density at radius 2 is 2.00 bits per heavy atom. The van der Waals surface area contributed by atoms with Gasteiger partial charge in [0.15, 0.2) is 0 Å². The number of nitrogens with two attached hydrogens (primary N) is 1. The van der Waals surface area contributed by atoms with Crippen LogP contribution in [0.5, 0.6) is 0 Å². The minimum absolute atomic E-state index is 0.425. The molecular formula is C17H24N2. The second-order valence-corrected chi connectivity index (χ2v) is 5.26. The fraction of sp³-hybridized carbons (Fsp3) is 0.529. The van der Waals surface area contributed by atoms with Crippen LogP contribution in [0.1, 0.15) is 43.7 Å². The van der Waals surface area contributed by atoms with Crippen LogP contribution in [0.25, 0.3) is 0 Å². The zero-order chi connectivity index (χ0) is 13.5. The normalized spacial score (nSPS) is 14.3. The topological polar surface area (TPSA) is 29.3 Å². The Hall–Kier alpha value is -1.30. The summed E-state index contributed by atoms with van der Waals surface area (Å²) in [7, 11) is 0. The standard InChI is InChI=1S/C17H24N2/c1-2-3-13-19(17-10-11-17)14-16-8-6-15(7-9-16)5-4-12-18/h6-9,17H,2-3,10-14,18H2,1H3. The summed E-state index contributed by atoms with van der Waals surface area (Å²) >= 11 is 0. The fourth-order valence-electron chi connectivity index (χ4n) is 2.27. The van der Waals surface area contributed by atoms with Crippen molar-refractivity contribution in [3.8, 4) is 11.8 Å². The van der Waals surface area contributed by atoms with Crippen LogP contribution >= 0.6 is 0 Å². The molecule has 19 heavy (non-hydrogen) atoms. The molecule has 0 heterocycles. The molecule has 0 unspecified atom stereocenters. The van der Waals surface area contributed by atoms with E-state index in [1.807, 2.05) is 0 Å². The number of rotatable bonds is 6. The van der Waals surface area contributed by atoms with Gasteiger partial charge >= 0.3 is 0 Å². The van der Waals surface area contributed by atoms with Crippen LogP contribution in [0.3, 0.4) is 0 Å². The van der Waals surface area contributed by atoms with Gasteiger partial charge in [-0.25, -0.2) is 0 Å². The van der Waals surface area contributed by atoms with Crippen LogP contribution in [0, 0.1) is 11.8 Å². The summed E-state index contributed by atoms with van der Waals surface area (Å²) in [5.41, 5.74) is 7.82. The molecule has 0 radical (unpaired) electrons. The van der Waals surface area contributed by atoms with Crippen LogP contribution in [0.4, 0.5) is 0 Å². The quantitative estimate of drug-likeness (QED) is 0.793. The first-order valence-corrected chi connectivity index (χ1v) is 7.35. The Labute approximate surface area is 117 Å². The molecule has 0 spiro atoms. The highest BCUT2D eigenvalue weighted by atomic mass is 15.2. The highest BCUT2D eigenvalue weighted by Gasteiger charge is 2.28. The molecule has 0 atom stereocenters. The zero-order valence-corrected chi connectivity index (χ0v) is 11.9. The lowest BCUT2D eigenvalue weighted by Crippen LogP contribution is -2.26. The monoisotopic (exact) mass is 256 g/mol. The Morgan fingerprint density at radius 3 is 2.58 bits per heavy atom. The summed E-state index contributed by atoms with van der Waals surface area (Å²) in [6, 6.07) is 9.43. The molecule has 1 saturated carbocycles. The average Bonchev–Trinajstić information content (AvgIpc) is 3.27. The molecule has 0 bridgehead atoms. The first-order chi connectivity index (χ1) is 9.33. The van der Waals surface area contributed by atoms with E-state index in [2.05, 4.69) is 47.9 Å². The molecule has 1 fully saturated rings. The molecule has 0 saturated heterocycles. The number of hydrogen-bond acceptors (Lipinski definition) is 2. The number of hydrogen-bond donors (Lipinski definition) is 1. The van der Waals surface area contributed by atoms with Crippen molar-refractivity contribution in [2.75, 3.05) is 13.1 Å². The van der Waals surface area contributed by atoms with Gasteiger partial charge < -0.3 is 5.73 Å². The van der Waals surface area contributed by atoms with Crippen molar-refractivity contribution >= 4 is 0 Å². The summed E-state index contributed by atoms with van der Waals surface area (Å²) < 4.78 is 0. The van der Waals surface area contributed by atoms with E-state index in [1.54, 1.807) is 0 Å². The maximum Gasteiger partial charge on any atom is 0.0555 e. The molecular weight excluding hydrogens is 232 g/mol. The third kappa shape index (κ3) is 4.70. The fourth-order valence-corrected chi connectivity index (χ4v) is 2.27. The van der Waals surface area contributed by atoms with Crippen molar-refractivity contribution in [2.45, 2.75) is 45.2 Å². The van der Waals surface area contributed by atoms with Gasteiger partial charge in [0.2, 0.25) is 0 Å². The molecule has 1 aliphatic carbocycles. The molecule has 2 nitrogen and oxygen atoms in total. The van der Waals surface area contributed by atoms with Gasteiger partial charge in [-0.05, 0) is 43.5 Å².